The molecule has 44 heavy (non-hydrogen) atoms. The van der Waals surface area contributed by atoms with Crippen molar-refractivity contribution in [1.82, 2.24) is 29.1 Å². The average molecular weight is 656 g/mol. The number of aromatic nitrogens is 6. The molecule has 2 aliphatic rings. The zero-order chi connectivity index (χ0) is 31.3. The summed E-state index contributed by atoms with van der Waals surface area (Å²) in [7, 11) is -8.14. The molecule has 0 amide bonds. The van der Waals surface area contributed by atoms with E-state index in [-0.39, 0.29) is 28.9 Å². The van der Waals surface area contributed by atoms with E-state index < -0.39 is 83.3 Å². The molecule has 8 N–H and O–H groups in total. The lowest BCUT2D eigenvalue weighted by Crippen LogP contribution is -2.36. The molecule has 4 aromatic rings. The predicted molar refractivity (Wildman–Crippen MR) is 148 cm³/mol. The second-order valence-electron chi connectivity index (χ2n) is 10.2. The Kier molecular flexibility index (Phi) is 8.38. The molecule has 19 nitrogen and oxygen atoms in total. The number of nitrogens with zero attached hydrogens (tertiary/aromatic N) is 5. The second-order valence-corrected chi connectivity index (χ2v) is 12.9. The van der Waals surface area contributed by atoms with Gasteiger partial charge in [-0.15, -0.1) is 9.42 Å². The fraction of sp³-hybridized carbons (Fsp3) is 0.478. The summed E-state index contributed by atoms with van der Waals surface area (Å²) in [6.45, 7) is -1.14. The quantitative estimate of drug-likeness (QED) is 0.103. The van der Waals surface area contributed by atoms with E-state index in [1.54, 1.807) is 6.07 Å². The number of pyridine rings is 1. The Balaban J connectivity index is 1.28. The predicted octanol–water partition coefficient (Wildman–Crippen LogP) is -0.744. The van der Waals surface area contributed by atoms with Crippen LogP contribution in [0.2, 0.25) is 0 Å². The molecule has 2 unspecified atom stereocenters. The van der Waals surface area contributed by atoms with E-state index in [4.69, 9.17) is 24.3 Å². The lowest BCUT2D eigenvalue weighted by atomic mass is 10.1. The largest absolute Gasteiger partial charge is 0.695 e. The number of imidazole rings is 1. The molecule has 0 radical (unpaired) electrons. The second kappa shape index (κ2) is 12.0. The van der Waals surface area contributed by atoms with E-state index in [0.717, 1.165) is 0 Å². The Labute approximate surface area is 247 Å². The first kappa shape index (κ1) is 30.8. The van der Waals surface area contributed by atoms with Crippen LogP contribution in [0.15, 0.2) is 42.0 Å². The molecule has 236 valence electrons. The van der Waals surface area contributed by atoms with Crippen LogP contribution in [0.25, 0.3) is 22.1 Å². The van der Waals surface area contributed by atoms with Crippen LogP contribution < -0.4 is 11.3 Å². The molecule has 0 aromatic carbocycles. The van der Waals surface area contributed by atoms with Crippen LogP contribution in [0.3, 0.4) is 0 Å². The number of fused-ring (bicyclic) bond motifs is 2. The molecular formula is C23H28N7O12P2+. The number of aromatic amines is 1. The number of H-pyrrole nitrogens is 1. The monoisotopic (exact) mass is 656 g/mol. The van der Waals surface area contributed by atoms with Crippen molar-refractivity contribution in [1.29, 1.82) is 0 Å². The SMILES string of the molecule is Nc1ncnc2c1ccn2[C@@H]1O[C@H](COP(=O)(O)[C@@H]2[C@H](O)[C@@H](CCO)O[C@H]2n2cnc3c(=O)[nH]ccc32)[C@@H](O[P+](=O)O)[C@H]1O. The van der Waals surface area contributed by atoms with E-state index in [1.807, 2.05) is 0 Å². The van der Waals surface area contributed by atoms with Crippen molar-refractivity contribution < 1.29 is 52.8 Å². The van der Waals surface area contributed by atoms with Crippen LogP contribution in [0.5, 0.6) is 0 Å². The van der Waals surface area contributed by atoms with Crippen molar-refractivity contribution >= 4 is 43.7 Å². The normalized spacial score (nSPS) is 30.7. The number of nitrogens with one attached hydrogen (secondary N) is 1. The molecule has 6 rings (SSSR count). The minimum Gasteiger partial charge on any atom is -0.396 e. The maximum Gasteiger partial charge on any atom is 0.695 e. The Bertz CT molecular complexity index is 1800. The molecule has 2 saturated heterocycles. The third-order valence-corrected chi connectivity index (χ3v) is 9.92. The van der Waals surface area contributed by atoms with Crippen molar-refractivity contribution in [3.63, 3.8) is 0 Å². The highest BCUT2D eigenvalue weighted by molar-refractivity contribution is 7.53. The summed E-state index contributed by atoms with van der Waals surface area (Å²) in [4.78, 5) is 47.5. The molecule has 6 heterocycles. The lowest BCUT2D eigenvalue weighted by molar-refractivity contribution is -0.0485. The van der Waals surface area contributed by atoms with Crippen LogP contribution in [-0.2, 0) is 27.7 Å². The van der Waals surface area contributed by atoms with Gasteiger partial charge in [-0.3, -0.25) is 9.36 Å². The van der Waals surface area contributed by atoms with Gasteiger partial charge < -0.3 is 54.1 Å². The highest BCUT2D eigenvalue weighted by Crippen LogP contribution is 2.58. The van der Waals surface area contributed by atoms with Crippen LogP contribution in [-0.4, -0.2) is 104 Å². The fourth-order valence-corrected chi connectivity index (χ4v) is 7.75. The third-order valence-electron chi connectivity index (χ3n) is 7.66. The van der Waals surface area contributed by atoms with Gasteiger partial charge in [-0.05, 0) is 18.6 Å². The van der Waals surface area contributed by atoms with Crippen LogP contribution in [0.1, 0.15) is 18.9 Å². The number of anilines is 1. The summed E-state index contributed by atoms with van der Waals surface area (Å²) in [5, 5.41) is 32.0. The van der Waals surface area contributed by atoms with E-state index in [0.29, 0.717) is 5.39 Å². The van der Waals surface area contributed by atoms with Crippen molar-refractivity contribution in [2.45, 2.75) is 55.1 Å². The van der Waals surface area contributed by atoms with Gasteiger partial charge in [-0.1, -0.05) is 0 Å². The zero-order valence-electron chi connectivity index (χ0n) is 22.5. The van der Waals surface area contributed by atoms with Gasteiger partial charge in [0.1, 0.15) is 35.7 Å². The number of aliphatic hydroxyl groups is 3. The first-order chi connectivity index (χ1) is 21.0. The van der Waals surface area contributed by atoms with Gasteiger partial charge in [0.2, 0.25) is 0 Å². The van der Waals surface area contributed by atoms with Gasteiger partial charge >= 0.3 is 15.9 Å². The Morgan fingerprint density at radius 3 is 2.64 bits per heavy atom. The van der Waals surface area contributed by atoms with Crippen molar-refractivity contribution in [3.05, 3.63) is 47.5 Å². The maximum absolute atomic E-state index is 13.8. The zero-order valence-corrected chi connectivity index (χ0v) is 24.3. The summed E-state index contributed by atoms with van der Waals surface area (Å²) in [6.07, 6.45) is -4.56. The number of nitrogens with two attached hydrogens (primary N) is 1. The third kappa shape index (κ3) is 5.35. The molecule has 0 bridgehead atoms. The summed E-state index contributed by atoms with van der Waals surface area (Å²) < 4.78 is 50.4. The minimum atomic E-state index is -4.89. The molecule has 21 heteroatoms. The number of aliphatic hydroxyl groups excluding tert-OH is 3. The summed E-state index contributed by atoms with van der Waals surface area (Å²) >= 11 is 0. The first-order valence-corrected chi connectivity index (χ1v) is 16.0. The summed E-state index contributed by atoms with van der Waals surface area (Å²) in [5.41, 5.74) is 4.28. The Hall–Kier alpha value is -3.19. The van der Waals surface area contributed by atoms with Crippen molar-refractivity contribution in [2.75, 3.05) is 18.9 Å². The smallest absolute Gasteiger partial charge is 0.396 e. The highest BCUT2D eigenvalue weighted by atomic mass is 31.2. The van der Waals surface area contributed by atoms with E-state index >= 15 is 0 Å². The fourth-order valence-electron chi connectivity index (χ4n) is 5.64. The lowest BCUT2D eigenvalue weighted by Gasteiger charge is -2.27. The highest BCUT2D eigenvalue weighted by Gasteiger charge is 2.56. The molecule has 0 aliphatic carbocycles. The summed E-state index contributed by atoms with van der Waals surface area (Å²) in [6, 6.07) is 3.07. The number of hydrogen-bond donors (Lipinski definition) is 7. The Morgan fingerprint density at radius 1 is 1.11 bits per heavy atom. The van der Waals surface area contributed by atoms with Gasteiger partial charge in [0.15, 0.2) is 24.1 Å². The van der Waals surface area contributed by atoms with E-state index in [1.165, 1.54) is 40.2 Å². The van der Waals surface area contributed by atoms with Crippen LogP contribution in [0, 0.1) is 0 Å². The molecule has 10 atom stereocenters. The van der Waals surface area contributed by atoms with Gasteiger partial charge in [0.25, 0.3) is 5.56 Å². The standard InChI is InChI=1S/C23H27N7O12P2/c24-19-10-2-5-29(20(10)27-8-26-19)22-16(33)17(42-43(35)36)13(41-22)7-39-44(37,38)18-15(32)12(3-6-31)40-23(18)30-9-28-14-11(30)1-4-25-21(14)34/h1-2,4-5,8-9,12-13,15-18,22-23,31-33H,3,6-7H2,(H4-,24,25,26,27,34,35,36,37,38)/p+1/t12-,13-,15-,16-,17-,18-,22-,23-/m1/s1. The van der Waals surface area contributed by atoms with Crippen molar-refractivity contribution in [2.24, 2.45) is 0 Å². The van der Waals surface area contributed by atoms with E-state index in [2.05, 4.69) is 19.9 Å². The van der Waals surface area contributed by atoms with Crippen LogP contribution in [0.4, 0.5) is 5.82 Å². The molecule has 4 aromatic heterocycles. The van der Waals surface area contributed by atoms with Crippen LogP contribution >= 0.6 is 15.9 Å². The van der Waals surface area contributed by atoms with Gasteiger partial charge in [-0.2, -0.15) is 0 Å². The number of hydrogen-bond acceptors (Lipinski definition) is 14. The van der Waals surface area contributed by atoms with Gasteiger partial charge in [-0.25, -0.2) is 15.0 Å². The molecular weight excluding hydrogens is 628 g/mol. The summed E-state index contributed by atoms with van der Waals surface area (Å²) in [5.74, 6) is 0.162. The minimum absolute atomic E-state index is 0.0192. The topological polar surface area (TPSA) is 280 Å². The molecule has 2 aliphatic heterocycles. The van der Waals surface area contributed by atoms with Gasteiger partial charge in [0, 0.05) is 23.6 Å². The van der Waals surface area contributed by atoms with Gasteiger partial charge in [0.05, 0.1) is 36.0 Å². The molecule has 2 fully saturated rings. The first-order valence-electron chi connectivity index (χ1n) is 13.2. The van der Waals surface area contributed by atoms with E-state index in [9.17, 15) is 39.0 Å². The number of nitrogen functional groups attached to an aromatic ring is 1. The molecule has 0 spiro atoms. The molecule has 0 saturated carbocycles. The number of ether oxygens (including phenoxy) is 2. The number of rotatable bonds is 10. The Morgan fingerprint density at radius 2 is 1.89 bits per heavy atom. The average Bonchev–Trinajstić information content (AvgIpc) is 3.74. The maximum atomic E-state index is 13.8. The van der Waals surface area contributed by atoms with Crippen molar-refractivity contribution in [3.8, 4) is 0 Å².